The van der Waals surface area contributed by atoms with Gasteiger partial charge in [-0.05, 0) is 60.9 Å². The molecule has 6 N–H and O–H groups in total. The maximum absolute atomic E-state index is 14.2. The van der Waals surface area contributed by atoms with Crippen molar-refractivity contribution < 1.29 is 73.1 Å². The third-order valence-electron chi connectivity index (χ3n) is 12.0. The summed E-state index contributed by atoms with van der Waals surface area (Å²) in [6, 6.07) is -0.368. The first kappa shape index (κ1) is 48.8. The molecule has 3 rings (SSSR count). The van der Waals surface area contributed by atoms with Crippen molar-refractivity contribution in [3.8, 4) is 0 Å². The molecular weight excluding hydrogens is 736 g/mol. The lowest BCUT2D eigenvalue weighted by Gasteiger charge is -2.47. The lowest BCUT2D eigenvalue weighted by molar-refractivity contribution is -0.309. The highest BCUT2D eigenvalue weighted by Gasteiger charge is 2.51. The van der Waals surface area contributed by atoms with E-state index in [2.05, 4.69) is 10.5 Å². The van der Waals surface area contributed by atoms with Crippen LogP contribution in [-0.2, 0) is 47.5 Å². The van der Waals surface area contributed by atoms with Gasteiger partial charge < -0.3 is 73.6 Å². The monoisotopic (exact) mass is 808 g/mol. The summed E-state index contributed by atoms with van der Waals surface area (Å²) in [5.41, 5.74) is -2.70. The summed E-state index contributed by atoms with van der Waals surface area (Å²) in [6.45, 7) is 15.7. The molecular formula is C39H72N2O15. The number of aliphatic hydroxyl groups is 5. The van der Waals surface area contributed by atoms with Crippen molar-refractivity contribution in [3.63, 3.8) is 0 Å². The van der Waals surface area contributed by atoms with Gasteiger partial charge in [-0.3, -0.25) is 4.79 Å². The lowest BCUT2D eigenvalue weighted by atomic mass is 9.77. The average molecular weight is 809 g/mol. The fourth-order valence-electron chi connectivity index (χ4n) is 8.26. The fourth-order valence-corrected chi connectivity index (χ4v) is 8.26. The van der Waals surface area contributed by atoms with Crippen LogP contribution in [0.15, 0.2) is 5.16 Å². The molecule has 0 aliphatic carbocycles. The van der Waals surface area contributed by atoms with Gasteiger partial charge in [0.1, 0.15) is 23.9 Å². The Morgan fingerprint density at radius 2 is 1.59 bits per heavy atom. The fraction of sp³-hybridized carbons (Fsp3) is 0.949. The summed E-state index contributed by atoms with van der Waals surface area (Å²) in [6.07, 6.45) is -10.6. The highest BCUT2D eigenvalue weighted by molar-refractivity contribution is 5.88. The van der Waals surface area contributed by atoms with E-state index >= 15 is 0 Å². The van der Waals surface area contributed by atoms with Gasteiger partial charge in [-0.1, -0.05) is 32.9 Å². The molecule has 18 atom stereocenters. The Balaban J connectivity index is 2.16. The van der Waals surface area contributed by atoms with Gasteiger partial charge in [0.25, 0.3) is 0 Å². The number of nitrogens with zero attached hydrogens (tertiary/aromatic N) is 1. The van der Waals surface area contributed by atoms with Crippen molar-refractivity contribution in [2.45, 2.75) is 173 Å². The molecule has 3 aliphatic rings. The molecule has 0 saturated carbocycles. The molecule has 3 aliphatic heterocycles. The van der Waals surface area contributed by atoms with Gasteiger partial charge in [0.05, 0.1) is 67.1 Å². The van der Waals surface area contributed by atoms with Crippen LogP contribution < -0.4 is 5.32 Å². The molecule has 3 heterocycles. The second-order valence-electron chi connectivity index (χ2n) is 16.4. The number of likely N-dealkylation sites (N-methyl/N-ethyl adjacent to an activating group) is 1. The van der Waals surface area contributed by atoms with E-state index in [-0.39, 0.29) is 44.8 Å². The molecule has 0 aromatic carbocycles. The molecule has 0 spiro atoms. The highest BCUT2D eigenvalue weighted by Crippen LogP contribution is 2.38. The summed E-state index contributed by atoms with van der Waals surface area (Å²) in [4.78, 5) is 19.7. The normalized spacial score (nSPS) is 45.6. The molecule has 3 saturated heterocycles. The van der Waals surface area contributed by atoms with Gasteiger partial charge in [-0.15, -0.1) is 0 Å². The Hall–Kier alpha value is -1.58. The number of ether oxygens (including phenoxy) is 8. The Labute approximate surface area is 332 Å². The molecule has 0 aromatic heterocycles. The zero-order chi connectivity index (χ0) is 42.1. The van der Waals surface area contributed by atoms with Crippen LogP contribution >= 0.6 is 0 Å². The van der Waals surface area contributed by atoms with Crippen molar-refractivity contribution in [1.82, 2.24) is 5.32 Å². The average Bonchev–Trinajstić information content (AvgIpc) is 3.15. The summed E-state index contributed by atoms with van der Waals surface area (Å²) in [7, 11) is 4.77. The molecule has 0 bridgehead atoms. The van der Waals surface area contributed by atoms with Gasteiger partial charge in [-0.25, -0.2) is 0 Å². The topological polar surface area (TPSA) is 226 Å². The van der Waals surface area contributed by atoms with E-state index in [4.69, 9.17) is 42.7 Å². The number of hydrogen-bond donors (Lipinski definition) is 6. The standard InChI is InChI=1S/C39H72N2O15/c1-13-28-39(9,47)34(44)22(4)30(41-51-19-50-15-14-48-11)20(2)16-27(42)33(56-37-31(43)26(40-10)17-21(3)52-37)23(5)32(24(6)36(46)54-28)55-29-18-38(8,49-12)35(45)25(7)53-29/h20-29,31-35,37,40,42-45,47H,13-19H2,1-12H3/b41-30+/t20-,21?,22?,23+,24-,25?,26?,27?,28-,29+,31?,32?,33-,34?,35+,37?,38-,39-/m1/s1. The largest absolute Gasteiger partial charge is 0.459 e. The van der Waals surface area contributed by atoms with Gasteiger partial charge in [0, 0.05) is 44.4 Å². The minimum absolute atomic E-state index is 0.00240. The quantitative estimate of drug-likeness (QED) is 0.0671. The zero-order valence-electron chi connectivity index (χ0n) is 35.5. The number of hydrogen-bond acceptors (Lipinski definition) is 17. The number of nitrogens with one attached hydrogen (secondary N) is 1. The molecule has 3 fully saturated rings. The van der Waals surface area contributed by atoms with E-state index in [1.165, 1.54) is 14.0 Å². The van der Waals surface area contributed by atoms with Crippen molar-refractivity contribution in [1.29, 1.82) is 0 Å². The lowest BCUT2D eigenvalue weighted by Crippen LogP contribution is -2.59. The van der Waals surface area contributed by atoms with Crippen LogP contribution in [0.2, 0.25) is 0 Å². The van der Waals surface area contributed by atoms with Gasteiger partial charge in [-0.2, -0.15) is 0 Å². The van der Waals surface area contributed by atoms with Gasteiger partial charge in [0.2, 0.25) is 6.79 Å². The number of aliphatic hydroxyl groups excluding tert-OH is 4. The van der Waals surface area contributed by atoms with Crippen LogP contribution in [0, 0.1) is 23.7 Å². The minimum Gasteiger partial charge on any atom is -0.459 e. The molecule has 0 aromatic rings. The first-order chi connectivity index (χ1) is 26.3. The van der Waals surface area contributed by atoms with Gasteiger partial charge in [0.15, 0.2) is 12.6 Å². The maximum Gasteiger partial charge on any atom is 0.311 e. The van der Waals surface area contributed by atoms with Crippen molar-refractivity contribution in [2.75, 3.05) is 41.3 Å². The molecule has 0 amide bonds. The first-order valence-electron chi connectivity index (χ1n) is 20.0. The number of methoxy groups -OCH3 is 2. The van der Waals surface area contributed by atoms with Gasteiger partial charge >= 0.3 is 5.97 Å². The van der Waals surface area contributed by atoms with Crippen LogP contribution in [0.3, 0.4) is 0 Å². The van der Waals surface area contributed by atoms with Crippen molar-refractivity contribution >= 4 is 11.7 Å². The number of carbonyl (C=O) groups is 1. The Kier molecular flexibility index (Phi) is 18.8. The third-order valence-corrected chi connectivity index (χ3v) is 12.0. The van der Waals surface area contributed by atoms with Crippen LogP contribution in [0.4, 0.5) is 0 Å². The molecule has 0 radical (unpaired) electrons. The predicted octanol–water partition coefficient (Wildman–Crippen LogP) is 1.48. The Morgan fingerprint density at radius 1 is 0.911 bits per heavy atom. The van der Waals surface area contributed by atoms with Crippen LogP contribution in [0.1, 0.15) is 88.0 Å². The summed E-state index contributed by atoms with van der Waals surface area (Å²) < 4.78 is 47.6. The van der Waals surface area contributed by atoms with E-state index in [9.17, 15) is 30.3 Å². The van der Waals surface area contributed by atoms with Crippen LogP contribution in [0.5, 0.6) is 0 Å². The molecule has 328 valence electrons. The molecule has 56 heavy (non-hydrogen) atoms. The SMILES string of the molecule is CC[C@H]1OC(=O)[C@H](C)C(O[C@H]2C[C@@](C)(OC)[C@@H](O)C(C)O2)[C@H](C)[C@@H](OC2OC(C)CC(NC)C2O)C(O)C[C@@H](C)/C(=N\OCOCCOC)C(C)C(O)[C@]1(C)O. The second-order valence-corrected chi connectivity index (χ2v) is 16.4. The first-order valence-corrected chi connectivity index (χ1v) is 20.0. The molecule has 17 heteroatoms. The number of cyclic esters (lactones) is 1. The van der Waals surface area contributed by atoms with E-state index in [0.717, 1.165) is 0 Å². The Morgan fingerprint density at radius 3 is 2.20 bits per heavy atom. The minimum atomic E-state index is -1.96. The number of esters is 1. The number of carbonyl (C=O) groups excluding carboxylic acids is 1. The highest BCUT2D eigenvalue weighted by atomic mass is 16.7. The summed E-state index contributed by atoms with van der Waals surface area (Å²) in [5.74, 6) is -4.04. The predicted molar refractivity (Wildman–Crippen MR) is 203 cm³/mol. The van der Waals surface area contributed by atoms with Crippen molar-refractivity contribution in [3.05, 3.63) is 0 Å². The third kappa shape index (κ3) is 11.8. The van der Waals surface area contributed by atoms with Crippen LogP contribution in [-0.4, -0.2) is 163 Å². The summed E-state index contributed by atoms with van der Waals surface area (Å²) >= 11 is 0. The number of oxime groups is 1. The Bertz CT molecular complexity index is 1230. The second kappa shape index (κ2) is 21.6. The summed E-state index contributed by atoms with van der Waals surface area (Å²) in [5, 5.41) is 65.6. The van der Waals surface area contributed by atoms with E-state index in [1.54, 1.807) is 62.6 Å². The van der Waals surface area contributed by atoms with Crippen molar-refractivity contribution in [2.24, 2.45) is 28.8 Å². The zero-order valence-corrected chi connectivity index (χ0v) is 35.5. The number of rotatable bonds is 13. The van der Waals surface area contributed by atoms with Crippen LogP contribution in [0.25, 0.3) is 0 Å². The molecule has 9 unspecified atom stereocenters. The van der Waals surface area contributed by atoms with E-state index < -0.39 is 102 Å². The molecule has 17 nitrogen and oxygen atoms in total. The van der Waals surface area contributed by atoms with E-state index in [1.807, 2.05) is 6.92 Å². The van der Waals surface area contributed by atoms with E-state index in [0.29, 0.717) is 18.7 Å². The smallest absolute Gasteiger partial charge is 0.311 e. The maximum atomic E-state index is 14.2.